The van der Waals surface area contributed by atoms with E-state index in [1.54, 1.807) is 0 Å². The Labute approximate surface area is 399 Å². The first-order chi connectivity index (χ1) is 33.6. The molecule has 0 N–H and O–H groups in total. The van der Waals surface area contributed by atoms with Crippen LogP contribution in [0.15, 0.2) is 277 Å². The van der Waals surface area contributed by atoms with Gasteiger partial charge in [-0.1, -0.05) is 224 Å². The molecule has 1 aromatic heterocycles. The van der Waals surface area contributed by atoms with Crippen LogP contribution in [-0.2, 0) is 0 Å². The lowest BCUT2D eigenvalue weighted by Crippen LogP contribution is -2.68. The normalized spacial score (nSPS) is 12.7. The summed E-state index contributed by atoms with van der Waals surface area (Å²) >= 11 is 0. The fourth-order valence-corrected chi connectivity index (χ4v) is 14.9. The summed E-state index contributed by atoms with van der Waals surface area (Å²) in [6.45, 7) is 6.34. The van der Waals surface area contributed by atoms with Gasteiger partial charge in [0.25, 0.3) is 0 Å². The molecule has 0 radical (unpaired) electrons. The van der Waals surface area contributed by atoms with Crippen LogP contribution in [0.5, 0.6) is 0 Å². The minimum Gasteiger partial charge on any atom is -0.435 e. The van der Waals surface area contributed by atoms with Crippen LogP contribution >= 0.6 is 0 Å². The Bertz CT molecular complexity index is 3620. The van der Waals surface area contributed by atoms with Gasteiger partial charge in [-0.2, -0.15) is 0 Å². The van der Waals surface area contributed by atoms with Crippen LogP contribution in [-0.4, -0.2) is 13.1 Å². The van der Waals surface area contributed by atoms with Crippen molar-refractivity contribution in [2.75, 3.05) is 4.90 Å². The minimum absolute atomic E-state index is 0.612. The van der Waals surface area contributed by atoms with Crippen LogP contribution in [0.1, 0.15) is 6.92 Å². The van der Waals surface area contributed by atoms with Crippen molar-refractivity contribution in [1.29, 1.82) is 0 Å². The molecule has 0 amide bonds. The molecule has 10 aromatic carbocycles. The predicted molar refractivity (Wildman–Crippen MR) is 291 cm³/mol. The summed E-state index contributed by atoms with van der Waals surface area (Å²) in [6.07, 6.45) is 8.30. The second-order valence-corrected chi connectivity index (χ2v) is 21.1. The Hall–Kier alpha value is -8.57. The first-order valence-electron chi connectivity index (χ1n) is 23.1. The molecule has 11 aromatic rings. The van der Waals surface area contributed by atoms with Crippen LogP contribution in [0.3, 0.4) is 0 Å². The quantitative estimate of drug-likeness (QED) is 0.0530. The molecular weight excluding hydrogens is 841 g/mol. The van der Waals surface area contributed by atoms with Crippen LogP contribution < -0.4 is 20.5 Å². The zero-order chi connectivity index (χ0) is 45.9. The monoisotopic (exact) mass is 888 g/mol. The summed E-state index contributed by atoms with van der Waals surface area (Å²) in [7, 11) is -3.09. The lowest BCUT2D eigenvalue weighted by molar-refractivity contribution is 0.623. The Morgan fingerprint density at radius 1 is 0.500 bits per heavy atom. The van der Waals surface area contributed by atoms with E-state index < -0.39 is 8.07 Å². The van der Waals surface area contributed by atoms with Crippen molar-refractivity contribution in [2.45, 2.75) is 6.92 Å². The minimum atomic E-state index is -3.09. The summed E-state index contributed by atoms with van der Waals surface area (Å²) in [5, 5.41) is 9.52. The Balaban J connectivity index is 1.19. The number of benzene rings is 10. The summed E-state index contributed by atoms with van der Waals surface area (Å²) in [5.41, 5.74) is 10.5. The molecule has 3 nitrogen and oxygen atoms in total. The smallest absolute Gasteiger partial charge is 0.227 e. The van der Waals surface area contributed by atoms with E-state index in [4.69, 9.17) is 9.40 Å². The molecule has 0 aliphatic carbocycles. The van der Waals surface area contributed by atoms with E-state index in [0.29, 0.717) is 5.89 Å². The highest BCUT2D eigenvalue weighted by atomic mass is 28.3. The number of hydrogen-bond donors (Lipinski definition) is 0. The molecular formula is C64H48N2OSi. The molecule has 0 spiro atoms. The van der Waals surface area contributed by atoms with Gasteiger partial charge in [0.2, 0.25) is 5.89 Å². The lowest BCUT2D eigenvalue weighted by atomic mass is 10.00. The van der Waals surface area contributed by atoms with Crippen LogP contribution in [0.2, 0.25) is 0 Å². The zero-order valence-electron chi connectivity index (χ0n) is 37.8. The number of hydrogen-bond acceptors (Lipinski definition) is 3. The molecule has 0 bridgehead atoms. The molecule has 68 heavy (non-hydrogen) atoms. The molecule has 1 unspecified atom stereocenters. The summed E-state index contributed by atoms with van der Waals surface area (Å²) < 4.78 is 6.73. The average molecular weight is 889 g/mol. The van der Waals surface area contributed by atoms with Gasteiger partial charge in [0.05, 0.1) is 0 Å². The number of aromatic nitrogens is 1. The summed E-state index contributed by atoms with van der Waals surface area (Å²) in [4.78, 5) is 7.47. The third-order valence-corrected chi connectivity index (χ3v) is 18.2. The molecule has 324 valence electrons. The van der Waals surface area contributed by atoms with Gasteiger partial charge in [-0.3, -0.25) is 0 Å². The number of rotatable bonds is 12. The van der Waals surface area contributed by atoms with Crippen LogP contribution in [0.4, 0.5) is 17.1 Å². The maximum atomic E-state index is 6.73. The van der Waals surface area contributed by atoms with Crippen molar-refractivity contribution < 1.29 is 4.42 Å². The third kappa shape index (κ3) is 7.67. The van der Waals surface area contributed by atoms with E-state index in [0.717, 1.165) is 60.8 Å². The van der Waals surface area contributed by atoms with Gasteiger partial charge in [0, 0.05) is 28.0 Å². The van der Waals surface area contributed by atoms with Gasteiger partial charge in [-0.25, -0.2) is 4.98 Å². The lowest BCUT2D eigenvalue weighted by Gasteiger charge is -2.39. The molecule has 0 aliphatic rings. The largest absolute Gasteiger partial charge is 0.435 e. The second kappa shape index (κ2) is 18.4. The zero-order valence-corrected chi connectivity index (χ0v) is 38.8. The molecule has 0 saturated carbocycles. The van der Waals surface area contributed by atoms with E-state index in [2.05, 4.69) is 237 Å². The van der Waals surface area contributed by atoms with Crippen molar-refractivity contribution in [3.63, 3.8) is 0 Å². The summed E-state index contributed by atoms with van der Waals surface area (Å²) in [5.74, 6) is 0.612. The van der Waals surface area contributed by atoms with E-state index in [9.17, 15) is 0 Å². The van der Waals surface area contributed by atoms with E-state index in [1.807, 2.05) is 42.5 Å². The Morgan fingerprint density at radius 2 is 1.01 bits per heavy atom. The summed E-state index contributed by atoms with van der Waals surface area (Å²) in [6, 6.07) is 85.5. The molecule has 1 atom stereocenters. The van der Waals surface area contributed by atoms with E-state index >= 15 is 0 Å². The third-order valence-electron chi connectivity index (χ3n) is 13.2. The number of allylic oxidation sites excluding steroid dienone is 5. The van der Waals surface area contributed by atoms with Crippen molar-refractivity contribution in [3.05, 3.63) is 273 Å². The number of oxazole rings is 1. The molecule has 11 rings (SSSR count). The molecule has 0 fully saturated rings. The Kier molecular flexibility index (Phi) is 11.4. The van der Waals surface area contributed by atoms with E-state index in [-0.39, 0.29) is 0 Å². The van der Waals surface area contributed by atoms with Crippen molar-refractivity contribution >= 4 is 73.3 Å². The first kappa shape index (κ1) is 42.1. The van der Waals surface area contributed by atoms with E-state index in [1.165, 1.54) is 37.4 Å². The second-order valence-electron chi connectivity index (χ2n) is 17.2. The van der Waals surface area contributed by atoms with Gasteiger partial charge in [-0.15, -0.1) is 0 Å². The molecule has 0 saturated heterocycles. The number of para-hydroxylation sites is 1. The number of nitrogens with zero attached hydrogens (tertiary/aromatic N) is 2. The average Bonchev–Trinajstić information content (AvgIpc) is 3.86. The SMILES string of the molecule is C=C/C=C\C=C(/C)[Si](c1ccccc1)(c1ccc(-c2ccccc2)cc1)c1ccccc1N(c1ccc(-c2ccccc2)cc1)c1ccc2ccc3ccc4nc(-c5ccccc5)oc4c3c2c1. The molecule has 4 heteroatoms. The fourth-order valence-electron chi connectivity index (χ4n) is 9.98. The Morgan fingerprint density at radius 3 is 1.68 bits per heavy atom. The van der Waals surface area contributed by atoms with Crippen LogP contribution in [0.25, 0.3) is 66.4 Å². The first-order valence-corrected chi connectivity index (χ1v) is 25.1. The highest BCUT2D eigenvalue weighted by molar-refractivity contribution is 7.16. The number of fused-ring (bicyclic) bond motifs is 5. The fraction of sp³-hybridized carbons (Fsp3) is 0.0156. The highest BCUT2D eigenvalue weighted by Crippen LogP contribution is 2.41. The maximum absolute atomic E-state index is 6.73. The van der Waals surface area contributed by atoms with Gasteiger partial charge in [0.1, 0.15) is 5.52 Å². The maximum Gasteiger partial charge on any atom is 0.227 e. The molecule has 0 aliphatic heterocycles. The van der Waals surface area contributed by atoms with Gasteiger partial charge in [0.15, 0.2) is 13.7 Å². The van der Waals surface area contributed by atoms with Gasteiger partial charge in [-0.05, 0) is 109 Å². The highest BCUT2D eigenvalue weighted by Gasteiger charge is 2.43. The van der Waals surface area contributed by atoms with Crippen molar-refractivity contribution in [1.82, 2.24) is 4.98 Å². The topological polar surface area (TPSA) is 29.3 Å². The van der Waals surface area contributed by atoms with Crippen LogP contribution in [0, 0.1) is 0 Å². The molecule has 1 heterocycles. The standard InChI is InChI=1S/C64H48N2OSi/c1-3-4-9-20-46(2)68(56-27-16-8-17-28-56,57-42-36-50(37-43-57)48-23-12-6-13-24-48)61-30-19-18-29-60(61)66(54-39-33-49(34-40-54)47-21-10-5-11-22-47)55-41-35-51-31-32-52-38-44-59-63(62(52)58(51)45-55)67-64(65-59)53-25-14-7-15-26-53/h3-45H,1H2,2H3/b9-4-,46-20+. The van der Waals surface area contributed by atoms with Gasteiger partial charge >= 0.3 is 0 Å². The van der Waals surface area contributed by atoms with Gasteiger partial charge < -0.3 is 9.32 Å². The van der Waals surface area contributed by atoms with Crippen molar-refractivity contribution in [3.8, 4) is 33.7 Å². The predicted octanol–water partition coefficient (Wildman–Crippen LogP) is 15.3. The number of anilines is 3. The van der Waals surface area contributed by atoms with Crippen molar-refractivity contribution in [2.24, 2.45) is 0 Å².